The van der Waals surface area contributed by atoms with Crippen molar-refractivity contribution in [2.24, 2.45) is 0 Å². The lowest BCUT2D eigenvalue weighted by atomic mass is 9.76. The molecule has 1 aromatic heterocycles. The molecule has 3 N–H and O–H groups in total. The van der Waals surface area contributed by atoms with Crippen LogP contribution in [-0.4, -0.2) is 39.6 Å². The fourth-order valence-corrected chi connectivity index (χ4v) is 4.75. The fraction of sp³-hybridized carbons (Fsp3) is 0.440. The van der Waals surface area contributed by atoms with Crippen LogP contribution in [0.1, 0.15) is 48.1 Å². The summed E-state index contributed by atoms with van der Waals surface area (Å²) in [5.41, 5.74) is -4.71. The number of hydrogen-bond acceptors (Lipinski definition) is 5. The predicted octanol–water partition coefficient (Wildman–Crippen LogP) is 4.35. The van der Waals surface area contributed by atoms with E-state index in [-0.39, 0.29) is 31.4 Å². The van der Waals surface area contributed by atoms with Gasteiger partial charge < -0.3 is 15.2 Å². The molecule has 3 atom stereocenters. The Hall–Kier alpha value is -3.16. The topological polar surface area (TPSA) is 92.2 Å². The molecular formula is C25H26F6N4O3. The Morgan fingerprint density at radius 2 is 1.68 bits per heavy atom. The minimum atomic E-state index is -4.97. The van der Waals surface area contributed by atoms with Crippen LogP contribution in [0.5, 0.6) is 0 Å². The molecular weight excluding hydrogens is 518 g/mol. The molecule has 206 valence electrons. The first-order chi connectivity index (χ1) is 17.8. The summed E-state index contributed by atoms with van der Waals surface area (Å²) >= 11 is 0. The van der Waals surface area contributed by atoms with Crippen LogP contribution in [0.2, 0.25) is 0 Å². The van der Waals surface area contributed by atoms with Crippen LogP contribution >= 0.6 is 0 Å². The lowest BCUT2D eigenvalue weighted by molar-refractivity contribution is -0.143. The number of ether oxygens (including phenoxy) is 1. The number of hydrogen-bond donors (Lipinski definition) is 3. The summed E-state index contributed by atoms with van der Waals surface area (Å²) < 4.78 is 87.3. The molecule has 3 aromatic rings. The number of aromatic amines is 1. The molecule has 2 aromatic carbocycles. The van der Waals surface area contributed by atoms with Gasteiger partial charge in [0.1, 0.15) is 6.33 Å². The summed E-state index contributed by atoms with van der Waals surface area (Å²) in [6.45, 7) is 1.04. The van der Waals surface area contributed by atoms with E-state index in [1.807, 2.05) is 12.1 Å². The van der Waals surface area contributed by atoms with Gasteiger partial charge in [-0.25, -0.2) is 9.89 Å². The Labute approximate surface area is 213 Å². The summed E-state index contributed by atoms with van der Waals surface area (Å²) in [5, 5.41) is 19.5. The van der Waals surface area contributed by atoms with Crippen LogP contribution in [0.15, 0.2) is 59.7 Å². The average Bonchev–Trinajstić information content (AvgIpc) is 3.33. The van der Waals surface area contributed by atoms with Crippen molar-refractivity contribution in [1.29, 1.82) is 0 Å². The third-order valence-electron chi connectivity index (χ3n) is 7.12. The summed E-state index contributed by atoms with van der Waals surface area (Å²) in [7, 11) is 0. The number of aromatic nitrogens is 3. The molecule has 1 aliphatic rings. The number of piperidine rings is 1. The molecule has 13 heteroatoms. The summed E-state index contributed by atoms with van der Waals surface area (Å²) in [5.74, 6) is 0. The summed E-state index contributed by atoms with van der Waals surface area (Å²) in [6.07, 6.45) is -9.11. The molecule has 0 bridgehead atoms. The van der Waals surface area contributed by atoms with Crippen molar-refractivity contribution in [1.82, 2.24) is 20.1 Å². The van der Waals surface area contributed by atoms with Crippen molar-refractivity contribution in [2.45, 2.75) is 49.3 Å². The minimum absolute atomic E-state index is 0.0800. The smallest absolute Gasteiger partial charge is 0.394 e. The maximum Gasteiger partial charge on any atom is 0.416 e. The van der Waals surface area contributed by atoms with Gasteiger partial charge in [-0.1, -0.05) is 30.3 Å². The van der Waals surface area contributed by atoms with Crippen LogP contribution in [0, 0.1) is 0 Å². The first-order valence-electron chi connectivity index (χ1n) is 11.7. The van der Waals surface area contributed by atoms with Gasteiger partial charge >= 0.3 is 18.0 Å². The molecule has 0 radical (unpaired) electrons. The number of benzene rings is 2. The van der Waals surface area contributed by atoms with Gasteiger partial charge in [-0.15, -0.1) is 0 Å². The number of halogens is 6. The Bertz CT molecular complexity index is 1260. The van der Waals surface area contributed by atoms with E-state index in [0.29, 0.717) is 25.0 Å². The highest BCUT2D eigenvalue weighted by molar-refractivity contribution is 5.35. The second-order valence-electron chi connectivity index (χ2n) is 9.51. The predicted molar refractivity (Wildman–Crippen MR) is 124 cm³/mol. The first-order valence-corrected chi connectivity index (χ1v) is 11.7. The molecule has 1 fully saturated rings. The van der Waals surface area contributed by atoms with Gasteiger partial charge in [0.2, 0.25) is 0 Å². The van der Waals surface area contributed by atoms with Gasteiger partial charge in [-0.3, -0.25) is 4.57 Å². The zero-order valence-corrected chi connectivity index (χ0v) is 20.2. The Kier molecular flexibility index (Phi) is 7.47. The van der Waals surface area contributed by atoms with E-state index in [1.165, 1.54) is 17.8 Å². The molecule has 0 saturated carbocycles. The Morgan fingerprint density at radius 3 is 2.16 bits per heavy atom. The van der Waals surface area contributed by atoms with Gasteiger partial charge in [0.15, 0.2) is 0 Å². The van der Waals surface area contributed by atoms with Crippen molar-refractivity contribution >= 4 is 0 Å². The van der Waals surface area contributed by atoms with Crippen molar-refractivity contribution in [2.75, 3.05) is 19.8 Å². The van der Waals surface area contributed by atoms with E-state index < -0.39 is 46.4 Å². The maximum absolute atomic E-state index is 13.3. The highest BCUT2D eigenvalue weighted by Gasteiger charge is 2.46. The quantitative estimate of drug-likeness (QED) is 0.385. The largest absolute Gasteiger partial charge is 0.416 e. The second kappa shape index (κ2) is 10.2. The molecule has 2 heterocycles. The van der Waals surface area contributed by atoms with Gasteiger partial charge in [0, 0.05) is 6.54 Å². The maximum atomic E-state index is 13.3. The normalized spacial score (nSPS) is 23.4. The molecule has 1 saturated heterocycles. The fourth-order valence-electron chi connectivity index (χ4n) is 4.75. The number of nitrogens with one attached hydrogen (secondary N) is 2. The van der Waals surface area contributed by atoms with E-state index in [1.54, 1.807) is 18.2 Å². The number of aliphatic hydroxyl groups excluding tert-OH is 1. The number of aliphatic hydroxyl groups is 1. The van der Waals surface area contributed by atoms with Crippen molar-refractivity contribution < 1.29 is 36.2 Å². The van der Waals surface area contributed by atoms with E-state index in [4.69, 9.17) is 4.74 Å². The zero-order chi connectivity index (χ0) is 27.8. The van der Waals surface area contributed by atoms with Crippen molar-refractivity contribution in [3.8, 4) is 0 Å². The SMILES string of the molecule is C[C@@H](OC[C@@]1(c2ccccc2)CC[C@](CO)(n2cn[nH]c2=O)CN1)c1cc(C(F)(F)F)cc(C(F)(F)F)c1. The standard InChI is InChI=1S/C25H26F6N4O3/c1-16(17-9-19(24(26,27)28)11-20(10-17)25(29,30)31)38-14-23(18-5-3-2-4-6-18)8-7-22(13-36,12-32-23)35-15-33-34-21(35)37/h2-6,9-11,15-16,32,36H,7-8,12-14H2,1H3,(H,34,37)/t16-,22+,23-/m1/s1. The van der Waals surface area contributed by atoms with Crippen molar-refractivity contribution in [3.05, 3.63) is 87.6 Å². The molecule has 0 unspecified atom stereocenters. The van der Waals surface area contributed by atoms with E-state index in [2.05, 4.69) is 15.5 Å². The number of rotatable bonds is 7. The molecule has 0 amide bonds. The molecule has 38 heavy (non-hydrogen) atoms. The molecule has 0 spiro atoms. The zero-order valence-electron chi connectivity index (χ0n) is 20.2. The average molecular weight is 544 g/mol. The number of alkyl halides is 6. The van der Waals surface area contributed by atoms with Crippen molar-refractivity contribution in [3.63, 3.8) is 0 Å². The van der Waals surface area contributed by atoms with E-state index >= 15 is 0 Å². The van der Waals surface area contributed by atoms with Crippen LogP contribution in [0.3, 0.4) is 0 Å². The van der Waals surface area contributed by atoms with E-state index in [0.717, 1.165) is 5.56 Å². The monoisotopic (exact) mass is 544 g/mol. The van der Waals surface area contributed by atoms with Gasteiger partial charge in [0.25, 0.3) is 0 Å². The van der Waals surface area contributed by atoms with Crippen LogP contribution in [0.4, 0.5) is 26.3 Å². The highest BCUT2D eigenvalue weighted by atomic mass is 19.4. The molecule has 1 aliphatic heterocycles. The lowest BCUT2D eigenvalue weighted by Gasteiger charge is -2.47. The van der Waals surface area contributed by atoms with Crippen LogP contribution in [0.25, 0.3) is 0 Å². The molecule has 4 rings (SSSR count). The van der Waals surface area contributed by atoms with Gasteiger partial charge in [-0.05, 0) is 49.1 Å². The lowest BCUT2D eigenvalue weighted by Crippen LogP contribution is -2.61. The van der Waals surface area contributed by atoms with E-state index in [9.17, 15) is 36.2 Å². The highest BCUT2D eigenvalue weighted by Crippen LogP contribution is 2.40. The van der Waals surface area contributed by atoms with Crippen LogP contribution < -0.4 is 11.0 Å². The van der Waals surface area contributed by atoms with Gasteiger partial charge in [-0.2, -0.15) is 31.4 Å². The Morgan fingerprint density at radius 1 is 1.05 bits per heavy atom. The number of H-pyrrole nitrogens is 1. The number of nitrogens with zero attached hydrogens (tertiary/aromatic N) is 2. The van der Waals surface area contributed by atoms with Gasteiger partial charge in [0.05, 0.1) is 41.5 Å². The minimum Gasteiger partial charge on any atom is -0.394 e. The summed E-state index contributed by atoms with van der Waals surface area (Å²) in [6, 6.07) is 10.4. The molecule has 7 nitrogen and oxygen atoms in total. The Balaban J connectivity index is 1.62. The third-order valence-corrected chi connectivity index (χ3v) is 7.12. The second-order valence-corrected chi connectivity index (χ2v) is 9.51. The van der Waals surface area contributed by atoms with Crippen LogP contribution in [-0.2, 0) is 28.2 Å². The molecule has 0 aliphatic carbocycles. The third kappa shape index (κ3) is 5.49. The first kappa shape index (κ1) is 27.9. The summed E-state index contributed by atoms with van der Waals surface area (Å²) in [4.78, 5) is 12.2.